The van der Waals surface area contributed by atoms with Gasteiger partial charge in [-0.05, 0) is 25.5 Å². The van der Waals surface area contributed by atoms with Gasteiger partial charge in [-0.2, -0.15) is 5.10 Å². The summed E-state index contributed by atoms with van der Waals surface area (Å²) in [5, 5.41) is 4.22. The second kappa shape index (κ2) is 5.37. The van der Waals surface area contributed by atoms with E-state index in [9.17, 15) is 4.79 Å². The minimum absolute atomic E-state index is 0.01000. The van der Waals surface area contributed by atoms with Gasteiger partial charge in [-0.1, -0.05) is 6.92 Å². The average molecular weight is 288 g/mol. The molecule has 1 fully saturated rings. The van der Waals surface area contributed by atoms with Gasteiger partial charge in [0.1, 0.15) is 0 Å². The Bertz CT molecular complexity index is 667. The third kappa shape index (κ3) is 2.58. The number of hydrogen-bond acceptors (Lipinski definition) is 4. The summed E-state index contributed by atoms with van der Waals surface area (Å²) < 4.78 is 7.48. The Hall–Kier alpha value is -2.08. The van der Waals surface area contributed by atoms with E-state index in [2.05, 4.69) is 12.0 Å². The van der Waals surface area contributed by atoms with Crippen LogP contribution in [0.15, 0.2) is 24.5 Å². The van der Waals surface area contributed by atoms with Crippen LogP contribution in [0.2, 0.25) is 0 Å². The van der Waals surface area contributed by atoms with Crippen LogP contribution in [0.5, 0.6) is 0 Å². The number of pyridine rings is 1. The van der Waals surface area contributed by atoms with Gasteiger partial charge in [0, 0.05) is 25.0 Å². The van der Waals surface area contributed by atoms with E-state index in [-0.39, 0.29) is 18.1 Å². The van der Waals surface area contributed by atoms with Crippen molar-refractivity contribution in [1.29, 1.82) is 0 Å². The van der Waals surface area contributed by atoms with Crippen molar-refractivity contribution in [2.45, 2.75) is 32.5 Å². The van der Waals surface area contributed by atoms with Crippen molar-refractivity contribution in [2.24, 2.45) is 0 Å². The maximum absolute atomic E-state index is 12.8. The zero-order valence-electron chi connectivity index (χ0n) is 12.3. The number of carbonyl (C=O) groups excluding carboxylic acids is 1. The first-order valence-corrected chi connectivity index (χ1v) is 7.26. The summed E-state index contributed by atoms with van der Waals surface area (Å²) in [6.45, 7) is 5.30. The van der Waals surface area contributed by atoms with Crippen molar-refractivity contribution < 1.29 is 9.53 Å². The van der Waals surface area contributed by atoms with E-state index >= 15 is 0 Å². The van der Waals surface area contributed by atoms with Crippen LogP contribution in [0.3, 0.4) is 0 Å². The van der Waals surface area contributed by atoms with E-state index in [4.69, 9.17) is 10.5 Å². The number of ether oxygens (including phenoxy) is 1. The van der Waals surface area contributed by atoms with Crippen molar-refractivity contribution in [3.63, 3.8) is 0 Å². The highest BCUT2D eigenvalue weighted by Gasteiger charge is 2.29. The fourth-order valence-corrected chi connectivity index (χ4v) is 2.77. The highest BCUT2D eigenvalue weighted by molar-refractivity contribution is 6.01. The monoisotopic (exact) mass is 288 g/mol. The van der Waals surface area contributed by atoms with Crippen LogP contribution < -0.4 is 5.73 Å². The zero-order valence-corrected chi connectivity index (χ0v) is 12.3. The Morgan fingerprint density at radius 3 is 3.10 bits per heavy atom. The van der Waals surface area contributed by atoms with Gasteiger partial charge in [0.15, 0.2) is 0 Å². The normalized spacial score (nSPS) is 22.7. The number of anilines is 1. The van der Waals surface area contributed by atoms with Crippen molar-refractivity contribution in [2.75, 3.05) is 18.8 Å². The number of morpholine rings is 1. The van der Waals surface area contributed by atoms with Crippen molar-refractivity contribution in [3.05, 3.63) is 30.1 Å². The summed E-state index contributed by atoms with van der Waals surface area (Å²) >= 11 is 0. The van der Waals surface area contributed by atoms with Gasteiger partial charge in [0.2, 0.25) is 0 Å². The third-order valence-electron chi connectivity index (χ3n) is 3.84. The van der Waals surface area contributed by atoms with Crippen LogP contribution in [-0.2, 0) is 4.74 Å². The van der Waals surface area contributed by atoms with Crippen LogP contribution in [0.25, 0.3) is 5.52 Å². The van der Waals surface area contributed by atoms with Gasteiger partial charge < -0.3 is 15.4 Å². The van der Waals surface area contributed by atoms with Gasteiger partial charge in [-0.3, -0.25) is 4.79 Å². The maximum Gasteiger partial charge on any atom is 0.257 e. The van der Waals surface area contributed by atoms with E-state index < -0.39 is 0 Å². The number of amides is 1. The lowest BCUT2D eigenvalue weighted by Gasteiger charge is -2.36. The molecule has 1 aliphatic rings. The van der Waals surface area contributed by atoms with E-state index in [1.165, 1.54) is 0 Å². The van der Waals surface area contributed by atoms with Gasteiger partial charge in [-0.15, -0.1) is 0 Å². The first kappa shape index (κ1) is 13.9. The summed E-state index contributed by atoms with van der Waals surface area (Å²) in [7, 11) is 0. The Morgan fingerprint density at radius 2 is 2.33 bits per heavy atom. The predicted octanol–water partition coefficient (Wildman–Crippen LogP) is 1.56. The molecule has 2 N–H and O–H groups in total. The van der Waals surface area contributed by atoms with Crippen LogP contribution in [0.4, 0.5) is 5.69 Å². The molecule has 0 bridgehead atoms. The molecule has 1 amide bonds. The first-order chi connectivity index (χ1) is 10.1. The second-order valence-corrected chi connectivity index (χ2v) is 5.54. The molecule has 2 unspecified atom stereocenters. The fourth-order valence-electron chi connectivity index (χ4n) is 2.77. The SMILES string of the molecule is CCC1CN(C(=O)c2cnn3ccc(N)cc23)CC(C)O1. The zero-order chi connectivity index (χ0) is 15.0. The van der Waals surface area contributed by atoms with Crippen molar-refractivity contribution in [1.82, 2.24) is 14.5 Å². The standard InChI is InChI=1S/C15H20N4O2/c1-3-12-9-18(8-10(2)21-12)15(20)13-7-17-19-5-4-11(16)6-14(13)19/h4-7,10,12H,3,8-9,16H2,1-2H3. The molecule has 0 radical (unpaired) electrons. The van der Waals surface area contributed by atoms with Gasteiger partial charge >= 0.3 is 0 Å². The van der Waals surface area contributed by atoms with Crippen molar-refractivity contribution >= 4 is 17.1 Å². The van der Waals surface area contributed by atoms with E-state index in [1.807, 2.05) is 11.8 Å². The molecule has 2 aromatic rings. The molecule has 21 heavy (non-hydrogen) atoms. The van der Waals surface area contributed by atoms with Crippen LogP contribution in [-0.4, -0.2) is 45.7 Å². The minimum Gasteiger partial charge on any atom is -0.399 e. The molecule has 2 aromatic heterocycles. The van der Waals surface area contributed by atoms with Gasteiger partial charge in [0.25, 0.3) is 5.91 Å². The van der Waals surface area contributed by atoms with Crippen LogP contribution in [0.1, 0.15) is 30.6 Å². The Morgan fingerprint density at radius 1 is 1.52 bits per heavy atom. The fraction of sp³-hybridized carbons (Fsp3) is 0.467. The number of rotatable bonds is 2. The lowest BCUT2D eigenvalue weighted by Crippen LogP contribution is -2.48. The number of hydrogen-bond donors (Lipinski definition) is 1. The largest absolute Gasteiger partial charge is 0.399 e. The average Bonchev–Trinajstić information content (AvgIpc) is 2.88. The molecular formula is C15H20N4O2. The molecule has 0 aromatic carbocycles. The minimum atomic E-state index is -0.01000. The highest BCUT2D eigenvalue weighted by atomic mass is 16.5. The van der Waals surface area contributed by atoms with Gasteiger partial charge in [-0.25, -0.2) is 4.52 Å². The number of carbonyl (C=O) groups is 1. The molecular weight excluding hydrogens is 268 g/mol. The molecule has 6 heteroatoms. The molecule has 6 nitrogen and oxygen atoms in total. The molecule has 1 saturated heterocycles. The van der Waals surface area contributed by atoms with Gasteiger partial charge in [0.05, 0.1) is 29.5 Å². The van der Waals surface area contributed by atoms with E-state index in [0.717, 1.165) is 11.9 Å². The summed E-state index contributed by atoms with van der Waals surface area (Å²) in [6.07, 6.45) is 4.43. The Labute approximate surface area is 123 Å². The lowest BCUT2D eigenvalue weighted by molar-refractivity contribution is -0.0680. The lowest BCUT2D eigenvalue weighted by atomic mass is 10.1. The molecule has 1 aliphatic heterocycles. The smallest absolute Gasteiger partial charge is 0.257 e. The Balaban J connectivity index is 1.91. The topological polar surface area (TPSA) is 72.9 Å². The maximum atomic E-state index is 12.8. The number of nitrogens with two attached hydrogens (primary N) is 1. The molecule has 2 atom stereocenters. The molecule has 0 aliphatic carbocycles. The van der Waals surface area contributed by atoms with Crippen molar-refractivity contribution in [3.8, 4) is 0 Å². The summed E-state index contributed by atoms with van der Waals surface area (Å²) in [5.74, 6) is -0.01000. The third-order valence-corrected chi connectivity index (χ3v) is 3.84. The summed E-state index contributed by atoms with van der Waals surface area (Å²) in [5.41, 5.74) is 7.77. The molecule has 0 saturated carbocycles. The first-order valence-electron chi connectivity index (χ1n) is 7.26. The predicted molar refractivity (Wildman–Crippen MR) is 80.1 cm³/mol. The quantitative estimate of drug-likeness (QED) is 0.910. The molecule has 3 heterocycles. The number of fused-ring (bicyclic) bond motifs is 1. The van der Waals surface area contributed by atoms with E-state index in [1.54, 1.807) is 29.0 Å². The number of nitrogen functional groups attached to an aromatic ring is 1. The Kier molecular flexibility index (Phi) is 3.55. The number of nitrogens with zero attached hydrogens (tertiary/aromatic N) is 3. The van der Waals surface area contributed by atoms with Crippen LogP contribution >= 0.6 is 0 Å². The highest BCUT2D eigenvalue weighted by Crippen LogP contribution is 2.20. The van der Waals surface area contributed by atoms with E-state index in [0.29, 0.717) is 24.3 Å². The second-order valence-electron chi connectivity index (χ2n) is 5.54. The molecule has 112 valence electrons. The summed E-state index contributed by atoms with van der Waals surface area (Å²) in [4.78, 5) is 14.6. The molecule has 3 rings (SSSR count). The summed E-state index contributed by atoms with van der Waals surface area (Å²) in [6, 6.07) is 3.54. The molecule has 0 spiro atoms. The van der Waals surface area contributed by atoms with Crippen LogP contribution in [0, 0.1) is 0 Å². The number of aromatic nitrogens is 2.